The number of aromatic nitrogens is 1. The molecule has 0 aliphatic carbocycles. The van der Waals surface area contributed by atoms with Gasteiger partial charge in [-0.25, -0.2) is 4.98 Å². The van der Waals surface area contributed by atoms with Gasteiger partial charge in [0.1, 0.15) is 5.69 Å². The Kier molecular flexibility index (Phi) is 4.33. The van der Waals surface area contributed by atoms with Crippen LogP contribution in [0.5, 0.6) is 0 Å². The zero-order chi connectivity index (χ0) is 13.9. The molecule has 20 heavy (non-hydrogen) atoms. The van der Waals surface area contributed by atoms with Gasteiger partial charge in [0.05, 0.1) is 0 Å². The molecule has 0 bridgehead atoms. The average molecular weight is 339 g/mol. The summed E-state index contributed by atoms with van der Waals surface area (Å²) in [4.78, 5) is 21.0. The van der Waals surface area contributed by atoms with Crippen molar-refractivity contribution in [3.8, 4) is 0 Å². The summed E-state index contributed by atoms with van der Waals surface area (Å²) < 4.78 is 0.896. The topological polar surface area (TPSA) is 48.5 Å². The number of nitrogens with one attached hydrogen (secondary N) is 1. The van der Waals surface area contributed by atoms with Crippen LogP contribution in [-0.4, -0.2) is 66.0 Å². The van der Waals surface area contributed by atoms with Crippen LogP contribution in [0.4, 0.5) is 0 Å². The second kappa shape index (κ2) is 6.20. The third kappa shape index (κ3) is 3.02. The minimum atomic E-state index is 0.0432. The maximum Gasteiger partial charge on any atom is 0.272 e. The van der Waals surface area contributed by atoms with Crippen molar-refractivity contribution in [3.63, 3.8) is 0 Å². The van der Waals surface area contributed by atoms with E-state index in [-0.39, 0.29) is 5.91 Å². The van der Waals surface area contributed by atoms with Crippen LogP contribution in [0.1, 0.15) is 16.9 Å². The third-order valence-electron chi connectivity index (χ3n) is 4.10. The van der Waals surface area contributed by atoms with Gasteiger partial charge in [-0.1, -0.05) is 0 Å². The molecule has 2 saturated heterocycles. The monoisotopic (exact) mass is 338 g/mol. The van der Waals surface area contributed by atoms with E-state index in [0.717, 1.165) is 43.7 Å². The summed E-state index contributed by atoms with van der Waals surface area (Å²) in [6, 6.07) is 4.29. The van der Waals surface area contributed by atoms with Crippen LogP contribution >= 0.6 is 15.9 Å². The lowest BCUT2D eigenvalue weighted by atomic mass is 10.2. The van der Waals surface area contributed by atoms with Crippen molar-refractivity contribution in [2.45, 2.75) is 12.5 Å². The van der Waals surface area contributed by atoms with Gasteiger partial charge in [0.25, 0.3) is 5.91 Å². The van der Waals surface area contributed by atoms with Gasteiger partial charge in [0, 0.05) is 49.4 Å². The Bertz CT molecular complexity index is 465. The smallest absolute Gasteiger partial charge is 0.272 e. The first-order chi connectivity index (χ1) is 9.74. The van der Waals surface area contributed by atoms with Gasteiger partial charge in [-0.2, -0.15) is 0 Å². The molecule has 2 aliphatic heterocycles. The number of halogens is 1. The van der Waals surface area contributed by atoms with Crippen LogP contribution in [0.3, 0.4) is 0 Å². The molecule has 5 nitrogen and oxygen atoms in total. The molecule has 3 rings (SSSR count). The Balaban J connectivity index is 1.57. The average Bonchev–Trinajstić information content (AvgIpc) is 3.02. The number of hydrogen-bond donors (Lipinski definition) is 1. The van der Waals surface area contributed by atoms with Crippen LogP contribution in [0.2, 0.25) is 0 Å². The number of piperazine rings is 1. The predicted molar refractivity (Wildman–Crippen MR) is 80.7 cm³/mol. The SMILES string of the molecule is O=C(c1ccc(Br)cn1)N1CCN(C2CCNC2)CC1. The third-order valence-corrected chi connectivity index (χ3v) is 4.57. The lowest BCUT2D eigenvalue weighted by Crippen LogP contribution is -2.52. The standard InChI is InChI=1S/C14H19BrN4O/c15-11-1-2-13(17-9-11)14(20)19-7-5-18(6-8-19)12-3-4-16-10-12/h1-2,9,12,16H,3-8,10H2. The normalized spacial score (nSPS) is 24.1. The molecule has 0 radical (unpaired) electrons. The van der Waals surface area contributed by atoms with Crippen molar-refractivity contribution in [3.05, 3.63) is 28.5 Å². The fraction of sp³-hybridized carbons (Fsp3) is 0.571. The quantitative estimate of drug-likeness (QED) is 0.872. The number of carbonyl (C=O) groups is 1. The molecule has 2 fully saturated rings. The zero-order valence-corrected chi connectivity index (χ0v) is 13.0. The number of carbonyl (C=O) groups excluding carboxylic acids is 1. The number of nitrogens with zero attached hydrogens (tertiary/aromatic N) is 3. The lowest BCUT2D eigenvalue weighted by molar-refractivity contribution is 0.0578. The molecular formula is C14H19BrN4O. The van der Waals surface area contributed by atoms with E-state index in [4.69, 9.17) is 0 Å². The molecule has 3 heterocycles. The van der Waals surface area contributed by atoms with Crippen LogP contribution in [-0.2, 0) is 0 Å². The maximum atomic E-state index is 12.4. The first kappa shape index (κ1) is 14.0. The second-order valence-corrected chi connectivity index (χ2v) is 6.25. The number of amides is 1. The molecule has 1 amide bonds. The number of rotatable bonds is 2. The fourth-order valence-electron chi connectivity index (χ4n) is 2.91. The van der Waals surface area contributed by atoms with E-state index < -0.39 is 0 Å². The highest BCUT2D eigenvalue weighted by Crippen LogP contribution is 2.14. The van der Waals surface area contributed by atoms with E-state index in [1.807, 2.05) is 11.0 Å². The highest BCUT2D eigenvalue weighted by Gasteiger charge is 2.28. The predicted octanol–water partition coefficient (Wildman–Crippen LogP) is 0.964. The van der Waals surface area contributed by atoms with E-state index in [1.165, 1.54) is 6.42 Å². The molecule has 108 valence electrons. The second-order valence-electron chi connectivity index (χ2n) is 5.34. The Labute approximate surface area is 127 Å². The van der Waals surface area contributed by atoms with Gasteiger partial charge in [0.15, 0.2) is 0 Å². The summed E-state index contributed by atoms with van der Waals surface area (Å²) in [6.07, 6.45) is 2.90. The summed E-state index contributed by atoms with van der Waals surface area (Å²) in [5.74, 6) is 0.0432. The van der Waals surface area contributed by atoms with Crippen LogP contribution in [0.25, 0.3) is 0 Å². The molecule has 0 spiro atoms. The molecular weight excluding hydrogens is 320 g/mol. The lowest BCUT2D eigenvalue weighted by Gasteiger charge is -2.37. The van der Waals surface area contributed by atoms with Gasteiger partial charge in [-0.3, -0.25) is 9.69 Å². The van der Waals surface area contributed by atoms with Gasteiger partial charge >= 0.3 is 0 Å². The highest BCUT2D eigenvalue weighted by atomic mass is 79.9. The summed E-state index contributed by atoms with van der Waals surface area (Å²) in [7, 11) is 0. The van der Waals surface area contributed by atoms with Crippen molar-refractivity contribution >= 4 is 21.8 Å². The zero-order valence-electron chi connectivity index (χ0n) is 11.4. The van der Waals surface area contributed by atoms with Crippen molar-refractivity contribution in [2.24, 2.45) is 0 Å². The molecule has 1 N–H and O–H groups in total. The highest BCUT2D eigenvalue weighted by molar-refractivity contribution is 9.10. The number of hydrogen-bond acceptors (Lipinski definition) is 4. The molecule has 0 aromatic carbocycles. The van der Waals surface area contributed by atoms with E-state index in [2.05, 4.69) is 31.1 Å². The first-order valence-electron chi connectivity index (χ1n) is 7.09. The maximum absolute atomic E-state index is 12.4. The Morgan fingerprint density at radius 2 is 2.10 bits per heavy atom. The van der Waals surface area contributed by atoms with Crippen molar-refractivity contribution in [1.29, 1.82) is 0 Å². The van der Waals surface area contributed by atoms with Gasteiger partial charge in [-0.05, 0) is 41.0 Å². The first-order valence-corrected chi connectivity index (χ1v) is 7.89. The summed E-state index contributed by atoms with van der Waals surface area (Å²) in [5.41, 5.74) is 0.532. The minimum Gasteiger partial charge on any atom is -0.335 e. The van der Waals surface area contributed by atoms with Crippen molar-refractivity contribution in [1.82, 2.24) is 20.1 Å². The van der Waals surface area contributed by atoms with Crippen LogP contribution in [0, 0.1) is 0 Å². The molecule has 1 aromatic rings. The van der Waals surface area contributed by atoms with E-state index in [9.17, 15) is 4.79 Å². The Morgan fingerprint density at radius 1 is 1.30 bits per heavy atom. The Hall–Kier alpha value is -0.980. The van der Waals surface area contributed by atoms with Crippen molar-refractivity contribution in [2.75, 3.05) is 39.3 Å². The largest absolute Gasteiger partial charge is 0.335 e. The Morgan fingerprint density at radius 3 is 2.70 bits per heavy atom. The van der Waals surface area contributed by atoms with Gasteiger partial charge in [0.2, 0.25) is 0 Å². The molecule has 0 saturated carbocycles. The molecule has 6 heteroatoms. The number of pyridine rings is 1. The molecule has 2 aliphatic rings. The van der Waals surface area contributed by atoms with Crippen LogP contribution < -0.4 is 5.32 Å². The molecule has 1 atom stereocenters. The summed E-state index contributed by atoms with van der Waals surface area (Å²) >= 11 is 3.34. The molecule has 1 aromatic heterocycles. The van der Waals surface area contributed by atoms with Gasteiger partial charge in [-0.15, -0.1) is 0 Å². The van der Waals surface area contributed by atoms with E-state index >= 15 is 0 Å². The van der Waals surface area contributed by atoms with Crippen molar-refractivity contribution < 1.29 is 4.79 Å². The summed E-state index contributed by atoms with van der Waals surface area (Å²) in [6.45, 7) is 5.73. The van der Waals surface area contributed by atoms with Gasteiger partial charge < -0.3 is 10.2 Å². The summed E-state index contributed by atoms with van der Waals surface area (Å²) in [5, 5.41) is 3.40. The van der Waals surface area contributed by atoms with E-state index in [0.29, 0.717) is 11.7 Å². The minimum absolute atomic E-state index is 0.0432. The van der Waals surface area contributed by atoms with Crippen LogP contribution in [0.15, 0.2) is 22.8 Å². The fourth-order valence-corrected chi connectivity index (χ4v) is 3.14. The molecule has 1 unspecified atom stereocenters. The van der Waals surface area contributed by atoms with E-state index in [1.54, 1.807) is 12.3 Å².